The molecule has 0 amide bonds. The molecule has 0 N–H and O–H groups in total. The second kappa shape index (κ2) is 7.85. The van der Waals surface area contributed by atoms with Gasteiger partial charge in [-0.15, -0.1) is 0 Å². The molecule has 2 aliphatic carbocycles. The largest absolute Gasteiger partial charge is 0.0622 e. The molecule has 20 heavy (non-hydrogen) atoms. The smallest absolute Gasteiger partial charge is 0.0414 e. The summed E-state index contributed by atoms with van der Waals surface area (Å²) in [4.78, 5) is 0. The standard InChI is InChI=1S/2C10H20/c2*1-7-5-9(3)10(4)6-8(7)2/h2*7-10H,5-6H2,1-4H3/t7-,8+,9?,10?;7-,8-,9-,10-/m.1/s1. The van der Waals surface area contributed by atoms with Crippen molar-refractivity contribution < 1.29 is 0 Å². The lowest BCUT2D eigenvalue weighted by molar-refractivity contribution is 0.157. The predicted molar refractivity (Wildman–Crippen MR) is 91.8 cm³/mol. The van der Waals surface area contributed by atoms with Crippen LogP contribution in [0, 0.1) is 47.3 Å². The van der Waals surface area contributed by atoms with Crippen LogP contribution in [-0.4, -0.2) is 0 Å². The van der Waals surface area contributed by atoms with Gasteiger partial charge in [-0.05, 0) is 73.0 Å². The molecule has 0 saturated heterocycles. The van der Waals surface area contributed by atoms with Gasteiger partial charge in [-0.25, -0.2) is 0 Å². The van der Waals surface area contributed by atoms with E-state index in [9.17, 15) is 0 Å². The van der Waals surface area contributed by atoms with Gasteiger partial charge in [-0.3, -0.25) is 0 Å². The maximum Gasteiger partial charge on any atom is -0.0414 e. The van der Waals surface area contributed by atoms with E-state index in [4.69, 9.17) is 0 Å². The predicted octanol–water partition coefficient (Wildman–Crippen LogP) is 6.65. The maximum absolute atomic E-state index is 2.40. The first-order valence-electron chi connectivity index (χ1n) is 9.22. The van der Waals surface area contributed by atoms with Crippen molar-refractivity contribution in [3.05, 3.63) is 0 Å². The van der Waals surface area contributed by atoms with Gasteiger partial charge in [0.25, 0.3) is 0 Å². The van der Waals surface area contributed by atoms with Crippen LogP contribution in [-0.2, 0) is 0 Å². The molecule has 2 fully saturated rings. The zero-order valence-electron chi connectivity index (χ0n) is 15.4. The highest BCUT2D eigenvalue weighted by Crippen LogP contribution is 2.37. The third kappa shape index (κ3) is 5.08. The molecule has 0 spiro atoms. The van der Waals surface area contributed by atoms with Crippen molar-refractivity contribution in [2.45, 2.75) is 81.1 Å². The minimum atomic E-state index is 0.964. The quantitative estimate of drug-likeness (QED) is 0.466. The van der Waals surface area contributed by atoms with Crippen molar-refractivity contribution in [2.75, 3.05) is 0 Å². The monoisotopic (exact) mass is 280 g/mol. The van der Waals surface area contributed by atoms with E-state index in [0.717, 1.165) is 47.3 Å². The van der Waals surface area contributed by atoms with E-state index in [1.54, 1.807) is 0 Å². The Balaban J connectivity index is 0.000000200. The van der Waals surface area contributed by atoms with Gasteiger partial charge in [0.15, 0.2) is 0 Å². The van der Waals surface area contributed by atoms with Gasteiger partial charge in [-0.2, -0.15) is 0 Å². The van der Waals surface area contributed by atoms with Crippen molar-refractivity contribution in [2.24, 2.45) is 47.3 Å². The van der Waals surface area contributed by atoms with Crippen LogP contribution < -0.4 is 0 Å². The molecule has 0 nitrogen and oxygen atoms in total. The van der Waals surface area contributed by atoms with Crippen LogP contribution in [0.2, 0.25) is 0 Å². The Labute approximate surface area is 129 Å². The first-order valence-corrected chi connectivity index (χ1v) is 9.22. The lowest BCUT2D eigenvalue weighted by atomic mass is 9.71. The Morgan fingerprint density at radius 1 is 0.300 bits per heavy atom. The SMILES string of the molecule is CC1C[C@@H](C)[C@@H](C)CC1C.C[C@@H]1C[C@@H](C)[C@H](C)C[C@H]1C. The third-order valence-corrected chi connectivity index (χ3v) is 6.86. The van der Waals surface area contributed by atoms with Crippen LogP contribution in [0.4, 0.5) is 0 Å². The van der Waals surface area contributed by atoms with Crippen molar-refractivity contribution in [1.29, 1.82) is 0 Å². The Morgan fingerprint density at radius 3 is 0.500 bits per heavy atom. The molecule has 120 valence electrons. The summed E-state index contributed by atoms with van der Waals surface area (Å²) in [6.07, 6.45) is 5.79. The highest BCUT2D eigenvalue weighted by molar-refractivity contribution is 4.78. The zero-order chi connectivity index (χ0) is 15.4. The lowest BCUT2D eigenvalue weighted by Gasteiger charge is -2.35. The van der Waals surface area contributed by atoms with Gasteiger partial charge in [-0.1, -0.05) is 55.4 Å². The van der Waals surface area contributed by atoms with E-state index in [1.807, 2.05) is 0 Å². The van der Waals surface area contributed by atoms with E-state index in [-0.39, 0.29) is 0 Å². The highest BCUT2D eigenvalue weighted by atomic mass is 14.3. The lowest BCUT2D eigenvalue weighted by Crippen LogP contribution is -2.25. The molecule has 2 aliphatic rings. The van der Waals surface area contributed by atoms with Crippen LogP contribution in [0.15, 0.2) is 0 Å². The van der Waals surface area contributed by atoms with E-state index >= 15 is 0 Å². The summed E-state index contributed by atoms with van der Waals surface area (Å²) in [5.41, 5.74) is 0. The van der Waals surface area contributed by atoms with Gasteiger partial charge in [0.2, 0.25) is 0 Å². The average molecular weight is 281 g/mol. The fraction of sp³-hybridized carbons (Fsp3) is 1.00. The van der Waals surface area contributed by atoms with Gasteiger partial charge in [0.05, 0.1) is 0 Å². The Kier molecular flexibility index (Phi) is 7.09. The molecule has 2 saturated carbocycles. The molecule has 0 aromatic rings. The van der Waals surface area contributed by atoms with Gasteiger partial charge in [0.1, 0.15) is 0 Å². The van der Waals surface area contributed by atoms with Crippen LogP contribution in [0.3, 0.4) is 0 Å². The molecule has 0 heterocycles. The Hall–Kier alpha value is 0. The van der Waals surface area contributed by atoms with E-state index in [1.165, 1.54) is 25.7 Å². The fourth-order valence-electron chi connectivity index (χ4n) is 4.20. The second-order valence-electron chi connectivity index (χ2n) is 8.76. The summed E-state index contributed by atoms with van der Waals surface area (Å²) in [5, 5.41) is 0. The minimum Gasteiger partial charge on any atom is -0.0622 e. The first-order chi connectivity index (χ1) is 9.22. The van der Waals surface area contributed by atoms with Gasteiger partial charge in [0, 0.05) is 0 Å². The normalized spacial score (nSPS) is 49.2. The summed E-state index contributed by atoms with van der Waals surface area (Å²) in [6.45, 7) is 19.2. The summed E-state index contributed by atoms with van der Waals surface area (Å²) in [7, 11) is 0. The molecule has 2 unspecified atom stereocenters. The van der Waals surface area contributed by atoms with Crippen molar-refractivity contribution in [3.8, 4) is 0 Å². The van der Waals surface area contributed by atoms with Crippen LogP contribution in [0.1, 0.15) is 81.1 Å². The van der Waals surface area contributed by atoms with Crippen LogP contribution in [0.5, 0.6) is 0 Å². The van der Waals surface area contributed by atoms with Crippen molar-refractivity contribution in [3.63, 3.8) is 0 Å². The fourth-order valence-corrected chi connectivity index (χ4v) is 4.20. The Morgan fingerprint density at radius 2 is 0.400 bits per heavy atom. The van der Waals surface area contributed by atoms with Crippen LogP contribution >= 0.6 is 0 Å². The number of rotatable bonds is 0. The molecule has 0 heteroatoms. The van der Waals surface area contributed by atoms with Gasteiger partial charge < -0.3 is 0 Å². The van der Waals surface area contributed by atoms with Gasteiger partial charge >= 0.3 is 0 Å². The molecular weight excluding hydrogens is 240 g/mol. The maximum atomic E-state index is 2.40. The molecule has 0 radical (unpaired) electrons. The summed E-state index contributed by atoms with van der Waals surface area (Å²) >= 11 is 0. The first kappa shape index (κ1) is 18.1. The molecule has 0 bridgehead atoms. The highest BCUT2D eigenvalue weighted by Gasteiger charge is 2.27. The molecular formula is C20H40. The Bertz CT molecular complexity index is 189. The number of hydrogen-bond acceptors (Lipinski definition) is 0. The average Bonchev–Trinajstić information content (AvgIpc) is 2.35. The van der Waals surface area contributed by atoms with E-state index in [2.05, 4.69) is 55.4 Å². The molecule has 2 rings (SSSR count). The van der Waals surface area contributed by atoms with Crippen molar-refractivity contribution >= 4 is 0 Å². The van der Waals surface area contributed by atoms with Crippen LogP contribution in [0.25, 0.3) is 0 Å². The van der Waals surface area contributed by atoms with Crippen molar-refractivity contribution in [1.82, 2.24) is 0 Å². The molecule has 0 aromatic carbocycles. The molecule has 0 aliphatic heterocycles. The van der Waals surface area contributed by atoms with E-state index in [0.29, 0.717) is 0 Å². The summed E-state index contributed by atoms with van der Waals surface area (Å²) in [6, 6.07) is 0. The van der Waals surface area contributed by atoms with E-state index < -0.39 is 0 Å². The topological polar surface area (TPSA) is 0 Å². The third-order valence-electron chi connectivity index (χ3n) is 6.86. The zero-order valence-corrected chi connectivity index (χ0v) is 15.4. The number of hydrogen-bond donors (Lipinski definition) is 0. The second-order valence-corrected chi connectivity index (χ2v) is 8.76. The summed E-state index contributed by atoms with van der Waals surface area (Å²) < 4.78 is 0. The minimum absolute atomic E-state index is 0.964. The molecule has 0 aromatic heterocycles. The molecule has 8 atom stereocenters. The summed E-state index contributed by atoms with van der Waals surface area (Å²) in [5.74, 6) is 7.71.